The highest BCUT2D eigenvalue weighted by Gasteiger charge is 2.57. The van der Waals surface area contributed by atoms with Crippen molar-refractivity contribution in [1.82, 2.24) is 4.90 Å². The quantitative estimate of drug-likeness (QED) is 0.797. The Balaban J connectivity index is 1.80. The molecule has 2 aliphatic carbocycles. The molecule has 1 heterocycles. The van der Waals surface area contributed by atoms with Crippen LogP contribution in [0, 0.1) is 23.2 Å². The second-order valence-electron chi connectivity index (χ2n) is 8.74. The number of fused-ring (bicyclic) bond motifs is 2. The Morgan fingerprint density at radius 3 is 2.42 bits per heavy atom. The Labute approximate surface area is 140 Å². The zero-order chi connectivity index (χ0) is 17.9. The van der Waals surface area contributed by atoms with Crippen molar-refractivity contribution in [2.45, 2.75) is 71.1 Å². The number of aliphatic hydroxyl groups excluding tert-OH is 1. The van der Waals surface area contributed by atoms with Gasteiger partial charge in [0, 0.05) is 12.0 Å². The van der Waals surface area contributed by atoms with Gasteiger partial charge in [0.2, 0.25) is 5.91 Å². The predicted molar refractivity (Wildman–Crippen MR) is 80.8 cm³/mol. The summed E-state index contributed by atoms with van der Waals surface area (Å²) in [5, 5.41) is 10.3. The molecular weight excluding hydrogens is 323 g/mol. The van der Waals surface area contributed by atoms with Gasteiger partial charge in [0.25, 0.3) is 0 Å². The van der Waals surface area contributed by atoms with E-state index < -0.39 is 30.2 Å². The average molecular weight is 349 g/mol. The number of ether oxygens (including phenoxy) is 1. The third-order valence-corrected chi connectivity index (χ3v) is 5.68. The fraction of sp³-hybridized carbons (Fsp3) is 0.941. The maximum Gasteiger partial charge on any atom is 0.397 e. The summed E-state index contributed by atoms with van der Waals surface area (Å²) in [5.41, 5.74) is -0.477. The molecule has 1 N–H and O–H groups in total. The summed E-state index contributed by atoms with van der Waals surface area (Å²) in [4.78, 5) is 13.6. The van der Waals surface area contributed by atoms with Gasteiger partial charge in [0.15, 0.2) is 6.29 Å². The number of carbonyl (C=O) groups is 1. The Morgan fingerprint density at radius 1 is 1.21 bits per heavy atom. The molecule has 1 saturated heterocycles. The molecule has 3 bridgehead atoms. The summed E-state index contributed by atoms with van der Waals surface area (Å²) in [5.74, 6) is -0.192. The molecule has 7 heteroatoms. The van der Waals surface area contributed by atoms with Crippen LogP contribution in [0.4, 0.5) is 13.2 Å². The van der Waals surface area contributed by atoms with Crippen molar-refractivity contribution >= 4 is 5.91 Å². The number of alkyl halides is 3. The van der Waals surface area contributed by atoms with Crippen LogP contribution >= 0.6 is 0 Å². The molecule has 0 radical (unpaired) electrons. The molecule has 4 nitrogen and oxygen atoms in total. The van der Waals surface area contributed by atoms with E-state index in [9.17, 15) is 23.1 Å². The number of nitrogens with zero attached hydrogens (tertiary/aromatic N) is 1. The van der Waals surface area contributed by atoms with E-state index in [-0.39, 0.29) is 29.9 Å². The summed E-state index contributed by atoms with van der Waals surface area (Å²) in [6.07, 6.45) is -4.59. The minimum absolute atomic E-state index is 0.192. The molecule has 3 fully saturated rings. The molecule has 0 aromatic rings. The zero-order valence-corrected chi connectivity index (χ0v) is 14.3. The summed E-state index contributed by atoms with van der Waals surface area (Å²) in [6.45, 7) is 5.94. The van der Waals surface area contributed by atoms with Gasteiger partial charge < -0.3 is 14.7 Å². The first-order valence-electron chi connectivity index (χ1n) is 8.65. The third kappa shape index (κ3) is 3.43. The minimum Gasteiger partial charge on any atom is -0.367 e. The van der Waals surface area contributed by atoms with Gasteiger partial charge in [0.1, 0.15) is 6.42 Å². The average Bonchev–Trinajstić information content (AvgIpc) is 2.57. The number of amides is 1. The van der Waals surface area contributed by atoms with Gasteiger partial charge in [-0.1, -0.05) is 20.8 Å². The molecule has 3 aliphatic rings. The van der Waals surface area contributed by atoms with Crippen molar-refractivity contribution in [3.8, 4) is 0 Å². The molecule has 138 valence electrons. The Morgan fingerprint density at radius 2 is 1.83 bits per heavy atom. The minimum atomic E-state index is -4.49. The summed E-state index contributed by atoms with van der Waals surface area (Å²) >= 11 is 0. The smallest absolute Gasteiger partial charge is 0.367 e. The number of rotatable bonds is 3. The van der Waals surface area contributed by atoms with Crippen LogP contribution in [0.15, 0.2) is 0 Å². The van der Waals surface area contributed by atoms with E-state index in [4.69, 9.17) is 4.74 Å². The van der Waals surface area contributed by atoms with E-state index in [2.05, 4.69) is 0 Å². The predicted octanol–water partition coefficient (Wildman–Crippen LogP) is 2.95. The Kier molecular flexibility index (Phi) is 4.40. The molecule has 0 spiro atoms. The normalized spacial score (nSPS) is 37.0. The molecule has 2 saturated carbocycles. The van der Waals surface area contributed by atoms with Gasteiger partial charge >= 0.3 is 6.18 Å². The topological polar surface area (TPSA) is 49.8 Å². The molecule has 6 atom stereocenters. The molecule has 1 amide bonds. The number of aliphatic hydroxyl groups is 1. The summed E-state index contributed by atoms with van der Waals surface area (Å²) < 4.78 is 43.9. The molecule has 0 aromatic carbocycles. The van der Waals surface area contributed by atoms with Crippen LogP contribution in [-0.2, 0) is 9.53 Å². The number of carbonyl (C=O) groups excluding carboxylic acids is 1. The van der Waals surface area contributed by atoms with E-state index in [1.807, 2.05) is 20.8 Å². The van der Waals surface area contributed by atoms with Crippen molar-refractivity contribution in [1.29, 1.82) is 0 Å². The first kappa shape index (κ1) is 18.0. The highest BCUT2D eigenvalue weighted by molar-refractivity contribution is 5.77. The van der Waals surface area contributed by atoms with Crippen molar-refractivity contribution < 1.29 is 27.8 Å². The first-order valence-corrected chi connectivity index (χ1v) is 8.65. The summed E-state index contributed by atoms with van der Waals surface area (Å²) in [7, 11) is 0. The number of likely N-dealkylation sites (tertiary alicyclic amines) is 1. The molecule has 1 aliphatic heterocycles. The maximum absolute atomic E-state index is 12.7. The number of hydrogen-bond acceptors (Lipinski definition) is 3. The lowest BCUT2D eigenvalue weighted by Crippen LogP contribution is -2.54. The Bertz CT molecular complexity index is 502. The second kappa shape index (κ2) is 5.87. The lowest BCUT2D eigenvalue weighted by Gasteiger charge is -2.43. The van der Waals surface area contributed by atoms with Crippen LogP contribution in [0.1, 0.15) is 46.5 Å². The van der Waals surface area contributed by atoms with Gasteiger partial charge in [-0.25, -0.2) is 0 Å². The van der Waals surface area contributed by atoms with Crippen molar-refractivity contribution in [3.05, 3.63) is 0 Å². The van der Waals surface area contributed by atoms with Crippen LogP contribution < -0.4 is 0 Å². The number of halogens is 3. The standard InChI is InChI=1S/C17H26F3NO3/c1-16(2,3)15(23)24-14-11-5-9-4-10(6-11)13(14)21(8-9)12(22)7-17(18,19)20/h9-11,13-15,23H,4-8H2,1-3H3/t9?,10-,11?,13?,14-,15?/m0/s1. The van der Waals surface area contributed by atoms with Gasteiger partial charge in [-0.15, -0.1) is 0 Å². The van der Waals surface area contributed by atoms with Crippen LogP contribution in [0.3, 0.4) is 0 Å². The van der Waals surface area contributed by atoms with Gasteiger partial charge in [-0.05, 0) is 37.0 Å². The van der Waals surface area contributed by atoms with E-state index in [1.165, 1.54) is 4.90 Å². The molecule has 24 heavy (non-hydrogen) atoms. The van der Waals surface area contributed by atoms with Crippen LogP contribution in [0.25, 0.3) is 0 Å². The van der Waals surface area contributed by atoms with E-state index in [0.717, 1.165) is 19.3 Å². The lowest BCUT2D eigenvalue weighted by molar-refractivity contribution is -0.207. The lowest BCUT2D eigenvalue weighted by atomic mass is 9.78. The third-order valence-electron chi connectivity index (χ3n) is 5.68. The Hall–Kier alpha value is -0.820. The van der Waals surface area contributed by atoms with Crippen molar-refractivity contribution in [2.75, 3.05) is 6.54 Å². The monoisotopic (exact) mass is 349 g/mol. The highest BCUT2D eigenvalue weighted by atomic mass is 19.4. The van der Waals surface area contributed by atoms with Crippen molar-refractivity contribution in [3.63, 3.8) is 0 Å². The van der Waals surface area contributed by atoms with Gasteiger partial charge in [0.05, 0.1) is 12.1 Å². The van der Waals surface area contributed by atoms with Crippen molar-refractivity contribution in [2.24, 2.45) is 23.2 Å². The fourth-order valence-electron chi connectivity index (χ4n) is 4.69. The van der Waals surface area contributed by atoms with Crippen LogP contribution in [-0.4, -0.2) is 47.1 Å². The fourth-order valence-corrected chi connectivity index (χ4v) is 4.69. The van der Waals surface area contributed by atoms with Gasteiger partial charge in [-0.2, -0.15) is 13.2 Å². The zero-order valence-electron chi connectivity index (χ0n) is 14.3. The second-order valence-corrected chi connectivity index (χ2v) is 8.74. The van der Waals surface area contributed by atoms with Gasteiger partial charge in [-0.3, -0.25) is 4.79 Å². The SMILES string of the molecule is CC(C)(C)C(O)O[C@H]1C2CC3C[C@@H](C2)C1N(C(=O)CC(F)(F)F)C3. The van der Waals surface area contributed by atoms with E-state index >= 15 is 0 Å². The molecular formula is C17H26F3NO3. The number of piperidine rings is 1. The van der Waals surface area contributed by atoms with Crippen LogP contribution in [0.5, 0.6) is 0 Å². The highest BCUT2D eigenvalue weighted by Crippen LogP contribution is 2.52. The molecule has 0 aromatic heterocycles. The molecule has 3 rings (SSSR count). The molecule has 4 unspecified atom stereocenters. The van der Waals surface area contributed by atoms with Crippen LogP contribution in [0.2, 0.25) is 0 Å². The maximum atomic E-state index is 12.7. The number of hydrogen-bond donors (Lipinski definition) is 1. The summed E-state index contributed by atoms with van der Waals surface area (Å²) in [6, 6.07) is -0.333. The van der Waals surface area contributed by atoms with E-state index in [1.54, 1.807) is 0 Å². The first-order chi connectivity index (χ1) is 11.0. The van der Waals surface area contributed by atoms with E-state index in [0.29, 0.717) is 6.54 Å². The largest absolute Gasteiger partial charge is 0.397 e.